The van der Waals surface area contributed by atoms with E-state index in [0.717, 1.165) is 10.6 Å². The fraction of sp³-hybridized carbons (Fsp3) is 0.120. The van der Waals surface area contributed by atoms with E-state index in [-0.39, 0.29) is 27.8 Å². The molecular formula is C25H20ClFN4O5. The Balaban J connectivity index is 1.66. The van der Waals surface area contributed by atoms with Crippen LogP contribution in [0.15, 0.2) is 70.3 Å². The third-order valence-electron chi connectivity index (χ3n) is 5.54. The lowest BCUT2D eigenvalue weighted by Crippen LogP contribution is -2.35. The molecule has 36 heavy (non-hydrogen) atoms. The fourth-order valence-electron chi connectivity index (χ4n) is 3.72. The van der Waals surface area contributed by atoms with Crippen molar-refractivity contribution in [3.63, 3.8) is 0 Å². The van der Waals surface area contributed by atoms with Gasteiger partial charge in [-0.2, -0.15) is 0 Å². The van der Waals surface area contributed by atoms with E-state index in [1.807, 2.05) is 0 Å². The SMILES string of the molecule is CNc1cc2[nH]c(=O)n(-c3ccc(C(=O)NC(C(=O)OC)c4cccc(Cl)c4)cc3)c(=O)c2cc1F. The highest BCUT2D eigenvalue weighted by atomic mass is 35.5. The number of benzene rings is 3. The van der Waals surface area contributed by atoms with Gasteiger partial charge in [0.25, 0.3) is 11.5 Å². The quantitative estimate of drug-likeness (QED) is 0.342. The second-order valence-corrected chi connectivity index (χ2v) is 8.17. The molecular weight excluding hydrogens is 491 g/mol. The normalized spacial score (nSPS) is 11.7. The molecule has 0 radical (unpaired) electrons. The summed E-state index contributed by atoms with van der Waals surface area (Å²) < 4.78 is 19.9. The first-order valence-corrected chi connectivity index (χ1v) is 11.0. The molecule has 0 aliphatic heterocycles. The van der Waals surface area contributed by atoms with E-state index in [0.29, 0.717) is 10.6 Å². The predicted molar refractivity (Wildman–Crippen MR) is 133 cm³/mol. The molecule has 1 amide bonds. The number of carbonyl (C=O) groups excluding carboxylic acids is 2. The van der Waals surface area contributed by atoms with Crippen LogP contribution in [-0.2, 0) is 9.53 Å². The lowest BCUT2D eigenvalue weighted by molar-refractivity contribution is -0.143. The zero-order chi connectivity index (χ0) is 26.0. The number of anilines is 1. The molecule has 0 fully saturated rings. The third kappa shape index (κ3) is 4.71. The molecule has 1 unspecified atom stereocenters. The maximum Gasteiger partial charge on any atom is 0.333 e. The second-order valence-electron chi connectivity index (χ2n) is 7.73. The number of carbonyl (C=O) groups is 2. The van der Waals surface area contributed by atoms with E-state index in [2.05, 4.69) is 15.6 Å². The smallest absolute Gasteiger partial charge is 0.333 e. The molecule has 0 aliphatic rings. The Morgan fingerprint density at radius 3 is 2.44 bits per heavy atom. The van der Waals surface area contributed by atoms with E-state index in [9.17, 15) is 23.6 Å². The number of rotatable bonds is 6. The number of aromatic nitrogens is 2. The van der Waals surface area contributed by atoms with Crippen molar-refractivity contribution in [1.29, 1.82) is 0 Å². The van der Waals surface area contributed by atoms with Gasteiger partial charge >= 0.3 is 11.7 Å². The molecule has 1 atom stereocenters. The second kappa shape index (κ2) is 10.0. The maximum atomic E-state index is 14.2. The van der Waals surface area contributed by atoms with Gasteiger partial charge in [0, 0.05) is 17.6 Å². The van der Waals surface area contributed by atoms with Crippen molar-refractivity contribution in [3.8, 4) is 5.69 Å². The molecule has 184 valence electrons. The van der Waals surface area contributed by atoms with Crippen molar-refractivity contribution in [1.82, 2.24) is 14.9 Å². The van der Waals surface area contributed by atoms with Gasteiger partial charge in [0.15, 0.2) is 6.04 Å². The molecule has 0 bridgehead atoms. The lowest BCUT2D eigenvalue weighted by atomic mass is 10.1. The number of aromatic amines is 1. The molecule has 0 saturated carbocycles. The van der Waals surface area contributed by atoms with Crippen molar-refractivity contribution in [2.45, 2.75) is 6.04 Å². The average Bonchev–Trinajstić information content (AvgIpc) is 2.87. The van der Waals surface area contributed by atoms with Gasteiger partial charge < -0.3 is 20.4 Å². The summed E-state index contributed by atoms with van der Waals surface area (Å²) in [7, 11) is 2.72. The number of H-pyrrole nitrogens is 1. The predicted octanol–water partition coefficient (Wildman–Crippen LogP) is 3.16. The number of ether oxygens (including phenoxy) is 1. The van der Waals surface area contributed by atoms with Crippen LogP contribution in [0.3, 0.4) is 0 Å². The van der Waals surface area contributed by atoms with Crippen LogP contribution in [0.5, 0.6) is 0 Å². The van der Waals surface area contributed by atoms with Crippen LogP contribution in [0.25, 0.3) is 16.6 Å². The van der Waals surface area contributed by atoms with Crippen LogP contribution in [0, 0.1) is 5.82 Å². The minimum Gasteiger partial charge on any atom is -0.467 e. The van der Waals surface area contributed by atoms with Crippen LogP contribution in [0.1, 0.15) is 22.0 Å². The minimum atomic E-state index is -1.11. The number of halogens is 2. The van der Waals surface area contributed by atoms with Gasteiger partial charge in [-0.25, -0.2) is 18.5 Å². The van der Waals surface area contributed by atoms with E-state index < -0.39 is 35.0 Å². The Labute approximate surface area is 208 Å². The van der Waals surface area contributed by atoms with Crippen LogP contribution in [-0.4, -0.2) is 35.6 Å². The van der Waals surface area contributed by atoms with Gasteiger partial charge in [0.05, 0.1) is 29.4 Å². The number of esters is 1. The number of nitrogens with zero attached hydrogens (tertiary/aromatic N) is 1. The number of nitrogens with one attached hydrogen (secondary N) is 3. The van der Waals surface area contributed by atoms with Crippen molar-refractivity contribution in [2.75, 3.05) is 19.5 Å². The topological polar surface area (TPSA) is 122 Å². The summed E-state index contributed by atoms with van der Waals surface area (Å²) in [6.07, 6.45) is 0. The molecule has 4 rings (SSSR count). The minimum absolute atomic E-state index is 0.0182. The maximum absolute atomic E-state index is 14.2. The Hall–Kier alpha value is -4.44. The Morgan fingerprint density at radius 1 is 1.08 bits per heavy atom. The van der Waals surface area contributed by atoms with Crippen molar-refractivity contribution in [3.05, 3.63) is 103 Å². The zero-order valence-corrected chi connectivity index (χ0v) is 19.9. The molecule has 0 saturated heterocycles. The zero-order valence-electron chi connectivity index (χ0n) is 19.1. The van der Waals surface area contributed by atoms with Gasteiger partial charge in [-0.3, -0.25) is 9.59 Å². The number of fused-ring (bicyclic) bond motifs is 1. The standard InChI is InChI=1S/C25H20ClFN4O5/c1-28-20-12-19-17(11-18(20)27)23(33)31(25(35)29-19)16-8-6-13(7-9-16)22(32)30-21(24(34)36-2)14-4-3-5-15(26)10-14/h3-12,21,28H,1-2H3,(H,29,35)(H,30,32). The van der Waals surface area contributed by atoms with Gasteiger partial charge in [0.2, 0.25) is 0 Å². The highest BCUT2D eigenvalue weighted by Crippen LogP contribution is 2.21. The first-order valence-electron chi connectivity index (χ1n) is 10.6. The largest absolute Gasteiger partial charge is 0.467 e. The summed E-state index contributed by atoms with van der Waals surface area (Å²) in [6, 6.07) is 13.3. The van der Waals surface area contributed by atoms with Gasteiger partial charge in [-0.05, 0) is 54.1 Å². The summed E-state index contributed by atoms with van der Waals surface area (Å²) >= 11 is 6.01. The Bertz CT molecular complexity index is 1600. The highest BCUT2D eigenvalue weighted by Gasteiger charge is 2.24. The Morgan fingerprint density at radius 2 is 1.81 bits per heavy atom. The highest BCUT2D eigenvalue weighted by molar-refractivity contribution is 6.30. The van der Waals surface area contributed by atoms with E-state index in [1.54, 1.807) is 18.2 Å². The summed E-state index contributed by atoms with van der Waals surface area (Å²) in [5.41, 5.74) is -0.389. The molecule has 1 heterocycles. The van der Waals surface area contributed by atoms with Gasteiger partial charge in [0.1, 0.15) is 5.82 Å². The molecule has 9 nitrogen and oxygen atoms in total. The summed E-state index contributed by atoms with van der Waals surface area (Å²) in [5, 5.41) is 5.61. The average molecular weight is 511 g/mol. The monoisotopic (exact) mass is 510 g/mol. The first-order chi connectivity index (χ1) is 17.2. The summed E-state index contributed by atoms with van der Waals surface area (Å²) in [5.74, 6) is -1.93. The third-order valence-corrected chi connectivity index (χ3v) is 5.77. The molecule has 1 aromatic heterocycles. The number of methoxy groups -OCH3 is 1. The van der Waals surface area contributed by atoms with E-state index in [4.69, 9.17) is 16.3 Å². The Kier molecular flexibility index (Phi) is 6.89. The van der Waals surface area contributed by atoms with Crippen LogP contribution in [0.4, 0.5) is 10.1 Å². The number of amides is 1. The van der Waals surface area contributed by atoms with E-state index >= 15 is 0 Å². The van der Waals surface area contributed by atoms with Crippen LogP contribution in [0.2, 0.25) is 5.02 Å². The van der Waals surface area contributed by atoms with Crippen molar-refractivity contribution >= 4 is 40.1 Å². The number of hydrogen-bond acceptors (Lipinski definition) is 6. The van der Waals surface area contributed by atoms with Gasteiger partial charge in [-0.1, -0.05) is 23.7 Å². The van der Waals surface area contributed by atoms with Crippen molar-refractivity contribution in [2.24, 2.45) is 0 Å². The molecule has 3 N–H and O–H groups in total. The molecule has 0 aliphatic carbocycles. The van der Waals surface area contributed by atoms with Crippen LogP contribution < -0.4 is 21.9 Å². The lowest BCUT2D eigenvalue weighted by Gasteiger charge is -2.17. The molecule has 3 aromatic carbocycles. The molecule has 4 aromatic rings. The van der Waals surface area contributed by atoms with Crippen LogP contribution >= 0.6 is 11.6 Å². The van der Waals surface area contributed by atoms with E-state index in [1.165, 1.54) is 50.6 Å². The number of hydrogen-bond donors (Lipinski definition) is 3. The molecule has 0 spiro atoms. The van der Waals surface area contributed by atoms with Gasteiger partial charge in [-0.15, -0.1) is 0 Å². The fourth-order valence-corrected chi connectivity index (χ4v) is 3.92. The summed E-state index contributed by atoms with van der Waals surface area (Å²) in [6.45, 7) is 0. The first kappa shape index (κ1) is 24.7. The summed E-state index contributed by atoms with van der Waals surface area (Å²) in [4.78, 5) is 53.3. The molecule has 11 heteroatoms. The van der Waals surface area contributed by atoms with Crippen molar-refractivity contribution < 1.29 is 18.7 Å².